The number of alkyl carbamates (subject to hydrolysis) is 1. The van der Waals surface area contributed by atoms with Crippen LogP contribution in [0.15, 0.2) is 25.8 Å². The summed E-state index contributed by atoms with van der Waals surface area (Å²) in [5.41, 5.74) is 14.9. The van der Waals surface area contributed by atoms with E-state index in [1.165, 1.54) is 14.0 Å². The zero-order valence-corrected chi connectivity index (χ0v) is 51.2. The number of methoxy groups -OCH3 is 1. The highest BCUT2D eigenvalue weighted by Gasteiger charge is 2.35. The lowest BCUT2D eigenvalue weighted by atomic mass is 9.88. The van der Waals surface area contributed by atoms with Crippen molar-refractivity contribution in [3.05, 3.63) is 45.0 Å². The first-order valence-electron chi connectivity index (χ1n) is 26.9. The third kappa shape index (κ3) is 20.2. The Morgan fingerprint density at radius 1 is 0.716 bits per heavy atom. The fourth-order valence-corrected chi connectivity index (χ4v) is 12.2. The van der Waals surface area contributed by atoms with Crippen molar-refractivity contribution in [2.75, 3.05) is 26.7 Å². The molecule has 2 aromatic rings. The molecule has 0 saturated carbocycles. The molecule has 1 heterocycles. The number of hydrogen-bond acceptors (Lipinski definition) is 15. The molecule has 1 aliphatic heterocycles. The molecule has 4 atom stereocenters. The van der Waals surface area contributed by atoms with Gasteiger partial charge in [-0.05, 0) is 185 Å². The van der Waals surface area contributed by atoms with Gasteiger partial charge in [0, 0.05) is 26.6 Å². The zero-order valence-electron chi connectivity index (χ0n) is 49.6. The number of hydrogen-bond donors (Lipinski definition) is 10. The summed E-state index contributed by atoms with van der Waals surface area (Å²) in [6.07, 6.45) is 1.09. The van der Waals surface area contributed by atoms with Crippen LogP contribution < -0.4 is 57.0 Å². The molecule has 454 valence electrons. The van der Waals surface area contributed by atoms with Gasteiger partial charge in [0.1, 0.15) is 46.9 Å². The summed E-state index contributed by atoms with van der Waals surface area (Å²) in [7, 11) is -6.91. The third-order valence-corrected chi connectivity index (χ3v) is 16.8. The van der Waals surface area contributed by atoms with E-state index in [9.17, 15) is 50.7 Å². The zero-order chi connectivity index (χ0) is 61.5. The van der Waals surface area contributed by atoms with E-state index < -0.39 is 109 Å². The van der Waals surface area contributed by atoms with E-state index in [2.05, 4.69) is 46.0 Å². The average molecular weight is 1180 g/mol. The summed E-state index contributed by atoms with van der Waals surface area (Å²) in [5.74, 6) is -4.65. The number of nitrogens with zero attached hydrogens (tertiary/aromatic N) is 2. The molecule has 2 aromatic carbocycles. The molecule has 0 saturated heterocycles. The minimum Gasteiger partial charge on any atom is -0.496 e. The van der Waals surface area contributed by atoms with Crippen LogP contribution in [0.5, 0.6) is 11.5 Å². The molecule has 27 heteroatoms. The van der Waals surface area contributed by atoms with Crippen LogP contribution in [0.4, 0.5) is 4.79 Å². The first-order chi connectivity index (χ1) is 37.4. The normalized spacial score (nSPS) is 15.2. The smallest absolute Gasteiger partial charge is 0.407 e. The highest BCUT2D eigenvalue weighted by atomic mass is 32.2. The molecule has 0 fully saturated rings. The second-order valence-corrected chi connectivity index (χ2v) is 25.5. The lowest BCUT2D eigenvalue weighted by Gasteiger charge is -2.35. The van der Waals surface area contributed by atoms with E-state index in [4.69, 9.17) is 25.7 Å². The molecule has 0 bridgehead atoms. The van der Waals surface area contributed by atoms with Gasteiger partial charge in [-0.2, -0.15) is 0 Å². The number of rotatable bonds is 27. The topological polar surface area (TPSA) is 380 Å². The Kier molecular flexibility index (Phi) is 24.6. The molecule has 0 unspecified atom stereocenters. The number of amides is 5. The number of fused-ring (bicyclic) bond motifs is 1. The van der Waals surface area contributed by atoms with E-state index in [1.54, 1.807) is 82.2 Å². The summed E-state index contributed by atoms with van der Waals surface area (Å²) in [5, 5.41) is 23.2. The van der Waals surface area contributed by atoms with Gasteiger partial charge in [0.05, 0.1) is 16.9 Å². The van der Waals surface area contributed by atoms with Gasteiger partial charge in [0.15, 0.2) is 0 Å². The van der Waals surface area contributed by atoms with Crippen LogP contribution in [-0.2, 0) is 55.2 Å². The number of aliphatic carboxylic acids is 1. The number of aliphatic imine (C=N–C) groups is 2. The largest absolute Gasteiger partial charge is 0.496 e. The molecule has 0 aliphatic carbocycles. The summed E-state index contributed by atoms with van der Waals surface area (Å²) < 4.78 is 75.7. The monoisotopic (exact) mass is 1180 g/mol. The number of carboxylic acid groups (broad SMARTS) is 1. The van der Waals surface area contributed by atoms with Crippen molar-refractivity contribution >= 4 is 67.7 Å². The van der Waals surface area contributed by atoms with Gasteiger partial charge in [-0.3, -0.25) is 29.2 Å². The Hall–Kier alpha value is -6.90. The number of nitrogens with two attached hydrogens (primary N) is 2. The molecule has 0 aromatic heterocycles. The predicted molar refractivity (Wildman–Crippen MR) is 307 cm³/mol. The van der Waals surface area contributed by atoms with E-state index in [-0.39, 0.29) is 68.0 Å². The van der Waals surface area contributed by atoms with Gasteiger partial charge in [0.25, 0.3) is 20.0 Å². The molecule has 0 spiro atoms. The van der Waals surface area contributed by atoms with Gasteiger partial charge in [-0.1, -0.05) is 13.8 Å². The predicted octanol–water partition coefficient (Wildman–Crippen LogP) is 3.49. The van der Waals surface area contributed by atoms with Crippen LogP contribution in [0, 0.1) is 47.5 Å². The van der Waals surface area contributed by atoms with E-state index in [0.717, 1.165) is 5.56 Å². The number of carbonyl (C=O) groups excluding carboxylic acids is 5. The molecule has 5 amide bonds. The van der Waals surface area contributed by atoms with Crippen molar-refractivity contribution < 1.29 is 64.9 Å². The summed E-state index contributed by atoms with van der Waals surface area (Å²) >= 11 is 0. The minimum absolute atomic E-state index is 0.0174. The first-order valence-corrected chi connectivity index (χ1v) is 29.9. The Morgan fingerprint density at radius 2 is 1.22 bits per heavy atom. The fraction of sp³-hybridized carbons (Fsp3) is 0.630. The highest BCUT2D eigenvalue weighted by molar-refractivity contribution is 7.90. The quantitative estimate of drug-likeness (QED) is 0.0348. The van der Waals surface area contributed by atoms with Crippen molar-refractivity contribution in [3.8, 4) is 11.5 Å². The van der Waals surface area contributed by atoms with E-state index in [0.29, 0.717) is 64.1 Å². The number of benzene rings is 2. The summed E-state index contributed by atoms with van der Waals surface area (Å²) in [6.45, 7) is 23.7. The summed E-state index contributed by atoms with van der Waals surface area (Å²) in [4.78, 5) is 87.4. The number of guanidine groups is 2. The fourth-order valence-electron chi connectivity index (χ4n) is 9.17. The third-order valence-electron chi connectivity index (χ3n) is 13.5. The minimum atomic E-state index is -4.22. The number of sulfonamides is 2. The van der Waals surface area contributed by atoms with Crippen molar-refractivity contribution in [3.63, 3.8) is 0 Å². The second kappa shape index (κ2) is 29.2. The van der Waals surface area contributed by atoms with Gasteiger partial charge in [0.2, 0.25) is 35.5 Å². The Labute approximate surface area is 477 Å². The number of ether oxygens (including phenoxy) is 3. The molecular formula is C54H87N11O14S2. The van der Waals surface area contributed by atoms with Crippen LogP contribution in [0.3, 0.4) is 0 Å². The van der Waals surface area contributed by atoms with Crippen LogP contribution in [0.1, 0.15) is 146 Å². The molecular weight excluding hydrogens is 1090 g/mol. The van der Waals surface area contributed by atoms with Crippen molar-refractivity contribution in [1.82, 2.24) is 36.0 Å². The molecule has 81 heavy (non-hydrogen) atoms. The molecule has 1 aliphatic rings. The molecule has 3 rings (SSSR count). The molecule has 0 radical (unpaired) electrons. The average Bonchev–Trinajstić information content (AvgIpc) is 3.39. The Bertz CT molecular complexity index is 2940. The lowest BCUT2D eigenvalue weighted by molar-refractivity contribution is -0.142. The van der Waals surface area contributed by atoms with Crippen molar-refractivity contribution in [1.29, 1.82) is 0 Å². The van der Waals surface area contributed by atoms with Crippen LogP contribution in [0.25, 0.3) is 0 Å². The highest BCUT2D eigenvalue weighted by Crippen LogP contribution is 2.42. The molecule has 12 N–H and O–H groups in total. The van der Waals surface area contributed by atoms with Crippen LogP contribution >= 0.6 is 0 Å². The van der Waals surface area contributed by atoms with Crippen LogP contribution in [-0.4, -0.2) is 132 Å². The molecule has 25 nitrogen and oxygen atoms in total. The number of carbonyl (C=O) groups is 6. The van der Waals surface area contributed by atoms with Crippen LogP contribution in [0.2, 0.25) is 0 Å². The van der Waals surface area contributed by atoms with Gasteiger partial charge in [-0.25, -0.2) is 35.9 Å². The lowest BCUT2D eigenvalue weighted by Crippen LogP contribution is -2.59. The maximum atomic E-state index is 14.1. The maximum Gasteiger partial charge on any atom is 0.407 e. The number of nitrogens with one attached hydrogen (secondary N) is 7. The first kappa shape index (κ1) is 68.4. The number of unbranched alkanes of at least 4 members (excludes halogenated alkanes) is 1. The van der Waals surface area contributed by atoms with Crippen molar-refractivity contribution in [2.45, 2.75) is 200 Å². The van der Waals surface area contributed by atoms with Gasteiger partial charge in [-0.15, -0.1) is 0 Å². The van der Waals surface area contributed by atoms with E-state index in [1.807, 2.05) is 13.8 Å². The van der Waals surface area contributed by atoms with Gasteiger partial charge < -0.3 is 57.4 Å². The Balaban J connectivity index is 1.75. The SMILES string of the molecule is COc1cc(C)c(S(=O)(=O)NC(N)=NCCC[C@H](NC(C)=O)C(=O)N[C@H](C(=O)N[C@@H](CCCCNC(=O)OC(C)(C)C)C(=O)N[C@@H](CCCN=C(N)NS(=O)(=O)c2c(C)c(C)c3c(c2C)CCC(C)(C)O3)C(=O)O)C(C)C)c(C)c1C. The van der Waals surface area contributed by atoms with Gasteiger partial charge >= 0.3 is 12.1 Å². The summed E-state index contributed by atoms with van der Waals surface area (Å²) in [6, 6.07) is -3.73. The van der Waals surface area contributed by atoms with E-state index >= 15 is 0 Å². The number of carboxylic acids is 1. The second-order valence-electron chi connectivity index (χ2n) is 22.2. The van der Waals surface area contributed by atoms with Crippen molar-refractivity contribution in [2.24, 2.45) is 27.4 Å². The standard InChI is InChI=1S/C54H87N11O14S2/c1-29(2)42(63-47(68)38(60-36(9)66)21-18-26-57-50(55)64-80(73,74)44-30(3)28-41(77-15)31(4)33(44)6)48(69)61-39(20-16-17-25-59-52(72)79-53(10,11)12)46(67)62-40(49(70)71)22-19-27-58-51(56)65-81(75,76)45-34(7)32(5)43-37(35(45)8)23-24-54(13,14)78-43/h28-29,38-40,42H,16-27H2,1-15H3,(H,59,72)(H,60,66)(H,61,69)(H,62,67)(H,63,68)(H,70,71)(H3,55,57,64)(H3,56,58,65)/t38-,39-,40-,42-/m0/s1. The Morgan fingerprint density at radius 3 is 1.75 bits per heavy atom. The number of aryl methyl sites for hydroxylation is 1. The maximum absolute atomic E-state index is 14.1.